The van der Waals surface area contributed by atoms with Crippen LogP contribution >= 0.6 is 0 Å². The summed E-state index contributed by atoms with van der Waals surface area (Å²) in [5.74, 6) is 0. The molecule has 0 unspecified atom stereocenters. The van der Waals surface area contributed by atoms with E-state index in [4.69, 9.17) is 0 Å². The molecule has 1 heterocycles. The lowest BCUT2D eigenvalue weighted by atomic mass is 10.2. The van der Waals surface area contributed by atoms with Crippen molar-refractivity contribution in [2.45, 2.75) is 11.9 Å². The van der Waals surface area contributed by atoms with E-state index >= 15 is 0 Å². The van der Waals surface area contributed by atoms with Gasteiger partial charge in [0.1, 0.15) is 0 Å². The van der Waals surface area contributed by atoms with Crippen LogP contribution in [0.3, 0.4) is 0 Å². The first-order valence-electron chi connectivity index (χ1n) is 7.14. The van der Waals surface area contributed by atoms with Crippen LogP contribution in [0.5, 0.6) is 0 Å². The number of quaternary nitrogens is 1. The minimum absolute atomic E-state index is 0.121. The maximum absolute atomic E-state index is 12.1. The quantitative estimate of drug-likeness (QED) is 0.409. The lowest BCUT2D eigenvalue weighted by Crippen LogP contribution is -2.57. The third-order valence-corrected chi connectivity index (χ3v) is 4.94. The zero-order valence-corrected chi connectivity index (χ0v) is 14.3. The highest BCUT2D eigenvalue weighted by Crippen LogP contribution is 2.25. The Morgan fingerprint density at radius 2 is 1.83 bits per heavy atom. The monoisotopic (exact) mass is 362 g/mol. The Kier molecular flexibility index (Phi) is 6.27. The molecule has 136 valence electrons. The van der Waals surface area contributed by atoms with E-state index in [0.717, 1.165) is 42.1 Å². The number of rotatable bonds is 5. The van der Waals surface area contributed by atoms with Gasteiger partial charge in [0.2, 0.25) is 0 Å². The van der Waals surface area contributed by atoms with E-state index < -0.39 is 21.7 Å². The predicted octanol–water partition coefficient (Wildman–Crippen LogP) is 0.686. The molecule has 0 saturated carbocycles. The third kappa shape index (κ3) is 5.81. The fourth-order valence-electron chi connectivity index (χ4n) is 2.26. The highest BCUT2D eigenvalue weighted by atomic mass is 32.2. The molecule has 0 spiro atoms. The molecule has 0 atom stereocenters. The molecule has 11 heteroatoms. The van der Waals surface area contributed by atoms with Crippen LogP contribution in [0.15, 0.2) is 0 Å². The van der Waals surface area contributed by atoms with Gasteiger partial charge in [-0.05, 0) is 7.05 Å². The van der Waals surface area contributed by atoms with Crippen LogP contribution in [0.2, 0.25) is 0 Å². The number of likely N-dealkylation sites (N-methyl/N-ethyl adjacent to an activating group) is 2. The number of carbonyl (C=O) groups excluding carboxylic acids is 1. The molecule has 0 bridgehead atoms. The van der Waals surface area contributed by atoms with Gasteiger partial charge in [-0.15, -0.1) is 0 Å². The summed E-state index contributed by atoms with van der Waals surface area (Å²) in [6, 6.07) is 0. The van der Waals surface area contributed by atoms with Crippen molar-refractivity contribution < 1.29 is 35.0 Å². The maximum Gasteiger partial charge on any atom is 0.534 e. The van der Waals surface area contributed by atoms with Gasteiger partial charge >= 0.3 is 21.7 Å². The molecule has 1 fully saturated rings. The van der Waals surface area contributed by atoms with E-state index in [2.05, 4.69) is 16.1 Å². The fraction of sp³-hybridized carbons (Fsp3) is 0.917. The molecular weight excluding hydrogens is 339 g/mol. The van der Waals surface area contributed by atoms with E-state index in [1.165, 1.54) is 7.05 Å². The Labute approximate surface area is 134 Å². The molecule has 0 aromatic carbocycles. The number of piperazine rings is 1. The van der Waals surface area contributed by atoms with E-state index in [-0.39, 0.29) is 6.54 Å². The fourth-order valence-corrected chi connectivity index (χ4v) is 2.67. The molecule has 1 aliphatic rings. The molecule has 0 aliphatic carbocycles. The van der Waals surface area contributed by atoms with Crippen molar-refractivity contribution in [2.24, 2.45) is 0 Å². The first kappa shape index (κ1) is 20.0. The van der Waals surface area contributed by atoms with Crippen LogP contribution in [0.25, 0.3) is 0 Å². The van der Waals surface area contributed by atoms with Crippen LogP contribution in [0.1, 0.15) is 6.42 Å². The minimum Gasteiger partial charge on any atom is -0.324 e. The van der Waals surface area contributed by atoms with E-state index in [1.807, 2.05) is 7.05 Å². The van der Waals surface area contributed by atoms with Crippen LogP contribution in [-0.4, -0.2) is 94.7 Å². The van der Waals surface area contributed by atoms with Crippen molar-refractivity contribution in [2.75, 3.05) is 60.4 Å². The third-order valence-electron chi connectivity index (χ3n) is 4.01. The van der Waals surface area contributed by atoms with Crippen LogP contribution < -0.4 is 0 Å². The molecule has 0 aromatic rings. The predicted molar refractivity (Wildman–Crippen MR) is 77.0 cm³/mol. The first-order valence-corrected chi connectivity index (χ1v) is 8.55. The molecule has 1 amide bonds. The molecular formula is C12H23F3N3O4S+. The average molecular weight is 362 g/mol. The Bertz CT molecular complexity index is 516. The number of hydrogen-bond acceptors (Lipinski definition) is 5. The average Bonchev–Trinajstić information content (AvgIpc) is 2.40. The second kappa shape index (κ2) is 7.22. The molecule has 7 nitrogen and oxygen atoms in total. The van der Waals surface area contributed by atoms with Gasteiger partial charge in [0.15, 0.2) is 0 Å². The van der Waals surface area contributed by atoms with Crippen molar-refractivity contribution in [3.05, 3.63) is 0 Å². The molecule has 1 rings (SSSR count). The summed E-state index contributed by atoms with van der Waals surface area (Å²) in [5.41, 5.74) is -5.61. The highest BCUT2D eigenvalue weighted by molar-refractivity contribution is 7.88. The van der Waals surface area contributed by atoms with Gasteiger partial charge in [-0.2, -0.15) is 21.6 Å². The second-order valence-corrected chi connectivity index (χ2v) is 7.66. The van der Waals surface area contributed by atoms with Crippen molar-refractivity contribution in [3.8, 4) is 0 Å². The normalized spacial score (nSPS) is 19.4. The van der Waals surface area contributed by atoms with Gasteiger partial charge in [-0.25, -0.2) is 4.79 Å². The van der Waals surface area contributed by atoms with Crippen molar-refractivity contribution >= 4 is 16.2 Å². The summed E-state index contributed by atoms with van der Waals surface area (Å²) >= 11 is 0. The van der Waals surface area contributed by atoms with E-state index in [0.29, 0.717) is 6.42 Å². The van der Waals surface area contributed by atoms with Gasteiger partial charge in [0.05, 0.1) is 26.7 Å². The van der Waals surface area contributed by atoms with Gasteiger partial charge in [0, 0.05) is 33.1 Å². The largest absolute Gasteiger partial charge is 0.534 e. The zero-order valence-electron chi connectivity index (χ0n) is 13.5. The summed E-state index contributed by atoms with van der Waals surface area (Å²) in [5, 5.41) is 0. The Morgan fingerprint density at radius 3 is 2.30 bits per heavy atom. The summed E-state index contributed by atoms with van der Waals surface area (Å²) in [6.07, 6.45) is -0.985. The van der Waals surface area contributed by atoms with Crippen LogP contribution in [-0.2, 0) is 14.3 Å². The number of halogens is 3. The molecule has 23 heavy (non-hydrogen) atoms. The number of carbonyl (C=O) groups is 1. The Balaban J connectivity index is 2.42. The summed E-state index contributed by atoms with van der Waals surface area (Å²) in [6.45, 7) is 4.68. The molecule has 0 radical (unpaired) electrons. The lowest BCUT2D eigenvalue weighted by Gasteiger charge is -2.41. The molecule has 0 N–H and O–H groups in total. The number of nitrogens with zero attached hydrogens (tertiary/aromatic N) is 3. The smallest absolute Gasteiger partial charge is 0.324 e. The number of alkyl halides is 3. The summed E-state index contributed by atoms with van der Waals surface area (Å²) in [7, 11) is -0.581. The topological polar surface area (TPSA) is 66.9 Å². The second-order valence-electron chi connectivity index (χ2n) is 6.12. The molecule has 1 aliphatic heterocycles. The maximum atomic E-state index is 12.1. The van der Waals surface area contributed by atoms with Gasteiger partial charge in [0.25, 0.3) is 0 Å². The van der Waals surface area contributed by atoms with Crippen LogP contribution in [0, 0.1) is 0 Å². The summed E-state index contributed by atoms with van der Waals surface area (Å²) < 4.78 is 62.3. The first-order chi connectivity index (χ1) is 10.4. The number of amides is 1. The van der Waals surface area contributed by atoms with E-state index in [1.54, 1.807) is 0 Å². The van der Waals surface area contributed by atoms with Crippen molar-refractivity contribution in [1.82, 2.24) is 9.80 Å². The van der Waals surface area contributed by atoms with Crippen LogP contribution in [0.4, 0.5) is 18.0 Å². The van der Waals surface area contributed by atoms with Gasteiger partial charge in [-0.3, -0.25) is 4.90 Å². The highest BCUT2D eigenvalue weighted by Gasteiger charge is 2.50. The van der Waals surface area contributed by atoms with Crippen molar-refractivity contribution in [1.29, 1.82) is 0 Å². The lowest BCUT2D eigenvalue weighted by molar-refractivity contribution is -0.913. The van der Waals surface area contributed by atoms with Crippen molar-refractivity contribution in [3.63, 3.8) is 0 Å². The molecule has 1 saturated heterocycles. The summed E-state index contributed by atoms with van der Waals surface area (Å²) in [4.78, 5) is 14.5. The van der Waals surface area contributed by atoms with E-state index in [9.17, 15) is 26.4 Å². The Hall–Kier alpha value is -1.07. The molecule has 0 aromatic heterocycles. The zero-order chi connectivity index (χ0) is 17.9. The van der Waals surface area contributed by atoms with Gasteiger partial charge < -0.3 is 13.6 Å². The van der Waals surface area contributed by atoms with Gasteiger partial charge in [-0.1, -0.05) is 0 Å². The Morgan fingerprint density at radius 1 is 1.30 bits per heavy atom. The minimum atomic E-state index is -5.91. The standard InChI is InChI=1S/C12H23F3N3O4S/c1-16-6-9-18(3,10-7-16)8-4-5-17(2)11(19)22-23(20,21)12(13,14)15/h4-10H2,1-3H3/q+1. The SMILES string of the molecule is CN1CC[N+](C)(CCCN(C)C(=O)OS(=O)(=O)C(F)(F)F)CC1. The number of hydrogen-bond donors (Lipinski definition) is 0.